The van der Waals surface area contributed by atoms with Gasteiger partial charge < -0.3 is 5.73 Å². The number of carbonyl (C=O) groups excluding carboxylic acids is 2. The molecule has 0 radical (unpaired) electrons. The average Bonchev–Trinajstić information content (AvgIpc) is 2.41. The molecule has 8 heteroatoms. The minimum atomic E-state index is -3.93. The van der Waals surface area contributed by atoms with Crippen LogP contribution in [-0.2, 0) is 19.6 Å². The van der Waals surface area contributed by atoms with Crippen LogP contribution in [-0.4, -0.2) is 37.1 Å². The van der Waals surface area contributed by atoms with Gasteiger partial charge in [0.2, 0.25) is 21.8 Å². The SMILES string of the molecule is CCC1C(=O)NC(=O)CN1S(=O)(=O)c1ccc(N)c(C)c1. The standard InChI is InChI=1S/C13H17N3O4S/c1-3-11-13(18)15-12(17)7-16(11)21(19,20)9-4-5-10(14)8(2)6-9/h4-6,11H,3,7,14H2,1-2H3,(H,15,17,18). The number of nitrogen functional groups attached to an aromatic ring is 1. The van der Waals surface area contributed by atoms with E-state index in [0.29, 0.717) is 11.3 Å². The Morgan fingerprint density at radius 1 is 1.38 bits per heavy atom. The predicted octanol–water partition coefficient (Wildman–Crippen LogP) is 0.00292. The van der Waals surface area contributed by atoms with Crippen molar-refractivity contribution in [2.45, 2.75) is 31.2 Å². The van der Waals surface area contributed by atoms with E-state index in [1.807, 2.05) is 0 Å². The first-order valence-corrected chi connectivity index (χ1v) is 7.93. The van der Waals surface area contributed by atoms with E-state index in [4.69, 9.17) is 5.73 Å². The Kier molecular flexibility index (Phi) is 4.02. The number of nitrogens with two attached hydrogens (primary N) is 1. The van der Waals surface area contributed by atoms with Crippen molar-refractivity contribution in [2.75, 3.05) is 12.3 Å². The number of nitrogens with zero attached hydrogens (tertiary/aromatic N) is 1. The van der Waals surface area contributed by atoms with Crippen molar-refractivity contribution in [2.24, 2.45) is 0 Å². The van der Waals surface area contributed by atoms with Gasteiger partial charge >= 0.3 is 0 Å². The lowest BCUT2D eigenvalue weighted by atomic mass is 10.2. The number of piperazine rings is 1. The van der Waals surface area contributed by atoms with Gasteiger partial charge in [-0.05, 0) is 37.1 Å². The number of benzene rings is 1. The summed E-state index contributed by atoms with van der Waals surface area (Å²) in [5, 5.41) is 2.15. The van der Waals surface area contributed by atoms with E-state index in [1.54, 1.807) is 13.8 Å². The second-order valence-corrected chi connectivity index (χ2v) is 6.80. The molecule has 114 valence electrons. The van der Waals surface area contributed by atoms with Crippen molar-refractivity contribution in [1.29, 1.82) is 0 Å². The molecule has 1 aromatic carbocycles. The van der Waals surface area contributed by atoms with Gasteiger partial charge in [0.25, 0.3) is 0 Å². The highest BCUT2D eigenvalue weighted by Crippen LogP contribution is 2.24. The number of anilines is 1. The third-order valence-corrected chi connectivity index (χ3v) is 5.30. The van der Waals surface area contributed by atoms with Crippen molar-refractivity contribution in [3.05, 3.63) is 23.8 Å². The van der Waals surface area contributed by atoms with Gasteiger partial charge in [0.05, 0.1) is 11.4 Å². The number of hydrogen-bond acceptors (Lipinski definition) is 5. The van der Waals surface area contributed by atoms with Crippen LogP contribution in [0.3, 0.4) is 0 Å². The second kappa shape index (κ2) is 5.45. The molecule has 0 spiro atoms. The normalized spacial score (nSPS) is 20.4. The topological polar surface area (TPSA) is 110 Å². The molecule has 1 unspecified atom stereocenters. The maximum Gasteiger partial charge on any atom is 0.245 e. The van der Waals surface area contributed by atoms with Crippen LogP contribution in [0.2, 0.25) is 0 Å². The number of imide groups is 1. The van der Waals surface area contributed by atoms with Crippen LogP contribution in [0.1, 0.15) is 18.9 Å². The lowest BCUT2D eigenvalue weighted by Crippen LogP contribution is -2.59. The molecule has 0 aromatic heterocycles. The number of aryl methyl sites for hydroxylation is 1. The molecule has 1 fully saturated rings. The van der Waals surface area contributed by atoms with Gasteiger partial charge in [0.1, 0.15) is 6.04 Å². The average molecular weight is 311 g/mol. The Labute approximate surface area is 123 Å². The van der Waals surface area contributed by atoms with Crippen LogP contribution in [0, 0.1) is 6.92 Å². The van der Waals surface area contributed by atoms with E-state index in [2.05, 4.69) is 5.32 Å². The number of amides is 2. The number of carbonyl (C=O) groups is 2. The molecule has 0 saturated carbocycles. The molecule has 2 amide bonds. The highest BCUT2D eigenvalue weighted by Gasteiger charge is 2.40. The molecule has 7 nitrogen and oxygen atoms in total. The van der Waals surface area contributed by atoms with Gasteiger partial charge in [-0.15, -0.1) is 0 Å². The van der Waals surface area contributed by atoms with Crippen molar-refractivity contribution in [3.8, 4) is 0 Å². The van der Waals surface area contributed by atoms with Crippen LogP contribution < -0.4 is 11.1 Å². The summed E-state index contributed by atoms with van der Waals surface area (Å²) in [7, 11) is -3.93. The van der Waals surface area contributed by atoms with Crippen molar-refractivity contribution in [3.63, 3.8) is 0 Å². The summed E-state index contributed by atoms with van der Waals surface area (Å²) in [5.41, 5.74) is 6.78. The molecule has 2 rings (SSSR count). The molecule has 1 atom stereocenters. The Morgan fingerprint density at radius 2 is 2.05 bits per heavy atom. The zero-order chi connectivity index (χ0) is 15.8. The summed E-state index contributed by atoms with van der Waals surface area (Å²) >= 11 is 0. The number of rotatable bonds is 3. The molecular weight excluding hydrogens is 294 g/mol. The lowest BCUT2D eigenvalue weighted by molar-refractivity contribution is -0.137. The molecule has 21 heavy (non-hydrogen) atoms. The van der Waals surface area contributed by atoms with Gasteiger partial charge in [0.15, 0.2) is 0 Å². The lowest BCUT2D eigenvalue weighted by Gasteiger charge is -2.32. The molecule has 0 aliphatic carbocycles. The van der Waals surface area contributed by atoms with Gasteiger partial charge in [-0.3, -0.25) is 14.9 Å². The summed E-state index contributed by atoms with van der Waals surface area (Å²) in [6.07, 6.45) is 0.284. The van der Waals surface area contributed by atoms with E-state index in [9.17, 15) is 18.0 Å². The Bertz CT molecular complexity index is 699. The minimum Gasteiger partial charge on any atom is -0.399 e. The molecule has 3 N–H and O–H groups in total. The van der Waals surface area contributed by atoms with Crippen LogP contribution in [0.4, 0.5) is 5.69 Å². The third-order valence-electron chi connectivity index (χ3n) is 3.45. The Morgan fingerprint density at radius 3 is 2.62 bits per heavy atom. The first-order valence-electron chi connectivity index (χ1n) is 6.49. The highest BCUT2D eigenvalue weighted by atomic mass is 32.2. The van der Waals surface area contributed by atoms with E-state index < -0.39 is 27.9 Å². The van der Waals surface area contributed by atoms with Crippen molar-refractivity contribution in [1.82, 2.24) is 9.62 Å². The monoisotopic (exact) mass is 311 g/mol. The van der Waals surface area contributed by atoms with Gasteiger partial charge in [-0.1, -0.05) is 6.92 Å². The van der Waals surface area contributed by atoms with E-state index >= 15 is 0 Å². The minimum absolute atomic E-state index is 0.0233. The van der Waals surface area contributed by atoms with Gasteiger partial charge in [-0.2, -0.15) is 4.31 Å². The fourth-order valence-corrected chi connectivity index (χ4v) is 3.93. The van der Waals surface area contributed by atoms with E-state index in [0.717, 1.165) is 4.31 Å². The fraction of sp³-hybridized carbons (Fsp3) is 0.385. The Balaban J connectivity index is 2.47. The summed E-state index contributed by atoms with van der Waals surface area (Å²) in [4.78, 5) is 23.3. The molecule has 1 aromatic rings. The summed E-state index contributed by atoms with van der Waals surface area (Å²) in [6, 6.07) is 3.43. The molecule has 1 saturated heterocycles. The summed E-state index contributed by atoms with van der Waals surface area (Å²) in [5.74, 6) is -1.22. The van der Waals surface area contributed by atoms with Crippen LogP contribution in [0.25, 0.3) is 0 Å². The summed E-state index contributed by atoms with van der Waals surface area (Å²) in [6.45, 7) is 3.02. The largest absolute Gasteiger partial charge is 0.399 e. The van der Waals surface area contributed by atoms with Crippen molar-refractivity contribution < 1.29 is 18.0 Å². The van der Waals surface area contributed by atoms with Crippen molar-refractivity contribution >= 4 is 27.5 Å². The zero-order valence-corrected chi connectivity index (χ0v) is 12.6. The number of hydrogen-bond donors (Lipinski definition) is 2. The maximum atomic E-state index is 12.7. The van der Waals surface area contributed by atoms with Crippen LogP contribution >= 0.6 is 0 Å². The molecule has 0 bridgehead atoms. The smallest absolute Gasteiger partial charge is 0.245 e. The zero-order valence-electron chi connectivity index (χ0n) is 11.8. The first-order chi connectivity index (χ1) is 9.77. The van der Waals surface area contributed by atoms with E-state index in [1.165, 1.54) is 18.2 Å². The van der Waals surface area contributed by atoms with Crippen LogP contribution in [0.5, 0.6) is 0 Å². The summed E-state index contributed by atoms with van der Waals surface area (Å²) < 4.78 is 26.3. The highest BCUT2D eigenvalue weighted by molar-refractivity contribution is 7.89. The number of nitrogens with one attached hydrogen (secondary N) is 1. The molecule has 1 aliphatic rings. The first kappa shape index (κ1) is 15.5. The van der Waals surface area contributed by atoms with E-state index in [-0.39, 0.29) is 17.9 Å². The second-order valence-electron chi connectivity index (χ2n) is 4.91. The molecule has 1 heterocycles. The quantitative estimate of drug-likeness (QED) is 0.603. The predicted molar refractivity (Wildman–Crippen MR) is 76.7 cm³/mol. The van der Waals surface area contributed by atoms with Gasteiger partial charge in [-0.25, -0.2) is 8.42 Å². The fourth-order valence-electron chi connectivity index (χ4n) is 2.23. The van der Waals surface area contributed by atoms with Gasteiger partial charge in [0, 0.05) is 5.69 Å². The Hall–Kier alpha value is -1.93. The maximum absolute atomic E-state index is 12.7. The molecular formula is C13H17N3O4S. The number of sulfonamides is 1. The molecule has 1 aliphatic heterocycles. The third kappa shape index (κ3) is 2.77. The van der Waals surface area contributed by atoms with Crippen LogP contribution in [0.15, 0.2) is 23.1 Å².